The monoisotopic (exact) mass is 312 g/mol. The van der Waals surface area contributed by atoms with E-state index in [2.05, 4.69) is 15.3 Å². The molecule has 1 aromatic rings. The number of rotatable bonds is 6. The average molecular weight is 312 g/mol. The van der Waals surface area contributed by atoms with Crippen molar-refractivity contribution in [1.29, 1.82) is 0 Å². The molecule has 6 nitrogen and oxygen atoms in total. The molecule has 1 saturated heterocycles. The summed E-state index contributed by atoms with van der Waals surface area (Å²) in [6.07, 6.45) is 4.15. The minimum Gasteiger partial charge on any atom is -0.308 e. The molecule has 1 fully saturated rings. The van der Waals surface area contributed by atoms with Gasteiger partial charge in [0.1, 0.15) is 5.82 Å². The lowest BCUT2D eigenvalue weighted by molar-refractivity contribution is 0.288. The maximum absolute atomic E-state index is 12.0. The largest absolute Gasteiger partial charge is 0.308 e. The molecule has 0 saturated carbocycles. The van der Waals surface area contributed by atoms with E-state index in [9.17, 15) is 8.42 Å². The summed E-state index contributed by atoms with van der Waals surface area (Å²) in [7, 11) is -3.04. The number of piperidine rings is 1. The average Bonchev–Trinajstić information content (AvgIpc) is 2.46. The number of aromatic nitrogens is 2. The van der Waals surface area contributed by atoms with Gasteiger partial charge in [0.25, 0.3) is 0 Å². The molecule has 1 N–H and O–H groups in total. The van der Waals surface area contributed by atoms with Crippen molar-refractivity contribution in [3.63, 3.8) is 0 Å². The zero-order valence-corrected chi connectivity index (χ0v) is 13.6. The second kappa shape index (κ2) is 7.29. The van der Waals surface area contributed by atoms with Gasteiger partial charge in [-0.05, 0) is 32.3 Å². The van der Waals surface area contributed by atoms with Crippen LogP contribution in [0.15, 0.2) is 12.3 Å². The molecule has 0 unspecified atom stereocenters. The van der Waals surface area contributed by atoms with Gasteiger partial charge >= 0.3 is 0 Å². The van der Waals surface area contributed by atoms with E-state index in [0.717, 1.165) is 24.4 Å². The van der Waals surface area contributed by atoms with E-state index in [0.29, 0.717) is 32.1 Å². The Balaban J connectivity index is 1.79. The molecule has 0 aromatic carbocycles. The Morgan fingerprint density at radius 1 is 1.38 bits per heavy atom. The Labute approximate surface area is 127 Å². The lowest BCUT2D eigenvalue weighted by Gasteiger charge is -2.31. The van der Waals surface area contributed by atoms with Gasteiger partial charge in [0.15, 0.2) is 0 Å². The fourth-order valence-electron chi connectivity index (χ4n) is 2.58. The maximum Gasteiger partial charge on any atom is 0.214 e. The van der Waals surface area contributed by atoms with Crippen molar-refractivity contribution in [2.75, 3.05) is 18.8 Å². The molecule has 0 bridgehead atoms. The molecule has 0 atom stereocenters. The molecule has 2 heterocycles. The molecule has 0 aliphatic carbocycles. The predicted octanol–water partition coefficient (Wildman–Crippen LogP) is 1.08. The first-order valence-corrected chi connectivity index (χ1v) is 9.12. The molecule has 0 radical (unpaired) electrons. The Hall–Kier alpha value is -1.05. The molecule has 1 aromatic heterocycles. The summed E-state index contributed by atoms with van der Waals surface area (Å²) in [5.74, 6) is 1.03. The zero-order chi connectivity index (χ0) is 15.3. The van der Waals surface area contributed by atoms with Gasteiger partial charge in [-0.2, -0.15) is 0 Å². The second-order valence-electron chi connectivity index (χ2n) is 5.47. The third-order valence-electron chi connectivity index (χ3n) is 3.71. The van der Waals surface area contributed by atoms with Crippen molar-refractivity contribution in [3.8, 4) is 0 Å². The third kappa shape index (κ3) is 4.72. The highest BCUT2D eigenvalue weighted by Gasteiger charge is 2.26. The summed E-state index contributed by atoms with van der Waals surface area (Å²) in [6.45, 7) is 5.71. The number of sulfonamides is 1. The first-order valence-electron chi connectivity index (χ1n) is 7.51. The van der Waals surface area contributed by atoms with Gasteiger partial charge in [0.05, 0.1) is 11.4 Å². The lowest BCUT2D eigenvalue weighted by atomic mass is 10.1. The highest BCUT2D eigenvalue weighted by molar-refractivity contribution is 7.89. The summed E-state index contributed by atoms with van der Waals surface area (Å²) in [5.41, 5.74) is 0.975. The van der Waals surface area contributed by atoms with E-state index in [1.54, 1.807) is 10.5 Å². The summed E-state index contributed by atoms with van der Waals surface area (Å²) >= 11 is 0. The van der Waals surface area contributed by atoms with Crippen molar-refractivity contribution in [1.82, 2.24) is 19.6 Å². The van der Waals surface area contributed by atoms with Crippen LogP contribution in [0.4, 0.5) is 0 Å². The molecule has 0 spiro atoms. The molecular weight excluding hydrogens is 288 g/mol. The minimum absolute atomic E-state index is 0.255. The minimum atomic E-state index is -3.04. The van der Waals surface area contributed by atoms with Gasteiger partial charge in [-0.15, -0.1) is 0 Å². The van der Waals surface area contributed by atoms with Gasteiger partial charge in [0.2, 0.25) is 10.0 Å². The summed E-state index contributed by atoms with van der Waals surface area (Å²) in [6, 6.07) is 2.26. The van der Waals surface area contributed by atoms with Crippen LogP contribution in [0, 0.1) is 6.92 Å². The van der Waals surface area contributed by atoms with Gasteiger partial charge in [-0.25, -0.2) is 22.7 Å². The number of hydrogen-bond donors (Lipinski definition) is 1. The van der Waals surface area contributed by atoms with Crippen molar-refractivity contribution in [2.45, 2.75) is 45.7 Å². The van der Waals surface area contributed by atoms with Gasteiger partial charge in [-0.1, -0.05) is 6.92 Å². The van der Waals surface area contributed by atoms with Crippen molar-refractivity contribution in [3.05, 3.63) is 23.8 Å². The molecule has 1 aliphatic rings. The highest BCUT2D eigenvalue weighted by Crippen LogP contribution is 2.15. The fraction of sp³-hybridized carbons (Fsp3) is 0.714. The van der Waals surface area contributed by atoms with Crippen LogP contribution in [-0.2, 0) is 16.6 Å². The van der Waals surface area contributed by atoms with Crippen LogP contribution < -0.4 is 5.32 Å². The quantitative estimate of drug-likeness (QED) is 0.850. The van der Waals surface area contributed by atoms with E-state index in [-0.39, 0.29) is 5.75 Å². The molecule has 118 valence electrons. The Morgan fingerprint density at radius 2 is 2.10 bits per heavy atom. The fourth-order valence-corrected chi connectivity index (χ4v) is 4.12. The number of aryl methyl sites for hydroxylation is 1. The van der Waals surface area contributed by atoms with Crippen LogP contribution >= 0.6 is 0 Å². The normalized spacial score (nSPS) is 18.0. The Kier molecular flexibility index (Phi) is 5.66. The van der Waals surface area contributed by atoms with Crippen LogP contribution in [-0.4, -0.2) is 47.6 Å². The first-order chi connectivity index (χ1) is 10.0. The third-order valence-corrected chi connectivity index (χ3v) is 5.79. The number of nitrogens with zero attached hydrogens (tertiary/aromatic N) is 3. The molecule has 1 aliphatic heterocycles. The van der Waals surface area contributed by atoms with E-state index in [1.165, 1.54) is 0 Å². The van der Waals surface area contributed by atoms with Crippen molar-refractivity contribution >= 4 is 10.0 Å². The van der Waals surface area contributed by atoms with Gasteiger partial charge in [-0.3, -0.25) is 0 Å². The summed E-state index contributed by atoms with van der Waals surface area (Å²) in [5, 5.41) is 3.46. The van der Waals surface area contributed by atoms with Crippen LogP contribution in [0.2, 0.25) is 0 Å². The number of hydrogen-bond acceptors (Lipinski definition) is 5. The topological polar surface area (TPSA) is 75.2 Å². The Morgan fingerprint density at radius 3 is 2.71 bits per heavy atom. The van der Waals surface area contributed by atoms with Crippen LogP contribution in [0.1, 0.15) is 37.7 Å². The lowest BCUT2D eigenvalue weighted by Crippen LogP contribution is -2.45. The molecule has 7 heteroatoms. The molecule has 21 heavy (non-hydrogen) atoms. The van der Waals surface area contributed by atoms with E-state index in [4.69, 9.17) is 0 Å². The first kappa shape index (κ1) is 16.3. The predicted molar refractivity (Wildman–Crippen MR) is 82.3 cm³/mol. The molecule has 0 amide bonds. The SMILES string of the molecule is CCCS(=O)(=O)N1CCC(NCc2ccnc(C)n2)CC1. The van der Waals surface area contributed by atoms with Crippen LogP contribution in [0.5, 0.6) is 0 Å². The van der Waals surface area contributed by atoms with Crippen molar-refractivity contribution in [2.24, 2.45) is 0 Å². The standard InChI is InChI=1S/C14H24N4O2S/c1-3-10-21(19,20)18-8-5-13(6-9-18)16-11-14-4-7-15-12(2)17-14/h4,7,13,16H,3,5-6,8-11H2,1-2H3. The zero-order valence-electron chi connectivity index (χ0n) is 12.7. The highest BCUT2D eigenvalue weighted by atomic mass is 32.2. The maximum atomic E-state index is 12.0. The summed E-state index contributed by atoms with van der Waals surface area (Å²) in [4.78, 5) is 8.43. The van der Waals surface area contributed by atoms with E-state index >= 15 is 0 Å². The van der Waals surface area contributed by atoms with Gasteiger partial charge < -0.3 is 5.32 Å². The second-order valence-corrected chi connectivity index (χ2v) is 7.55. The summed E-state index contributed by atoms with van der Waals surface area (Å²) < 4.78 is 25.6. The van der Waals surface area contributed by atoms with Crippen LogP contribution in [0.3, 0.4) is 0 Å². The van der Waals surface area contributed by atoms with Gasteiger partial charge in [0, 0.05) is 31.9 Å². The van der Waals surface area contributed by atoms with E-state index in [1.807, 2.05) is 19.9 Å². The van der Waals surface area contributed by atoms with E-state index < -0.39 is 10.0 Å². The Bertz CT molecular complexity index is 554. The molecular formula is C14H24N4O2S. The smallest absolute Gasteiger partial charge is 0.214 e. The number of nitrogens with one attached hydrogen (secondary N) is 1. The molecule has 2 rings (SSSR count). The van der Waals surface area contributed by atoms with Crippen LogP contribution in [0.25, 0.3) is 0 Å². The van der Waals surface area contributed by atoms with Crippen molar-refractivity contribution < 1.29 is 8.42 Å².